The van der Waals surface area contributed by atoms with E-state index in [1.807, 2.05) is 12.1 Å². The van der Waals surface area contributed by atoms with Gasteiger partial charge in [-0.05, 0) is 25.0 Å². The standard InChI is InChI=1S/C17H25N3O/c1-21-16-8-4-7-15(13-16)19-9-11-20(12-10-19)17(18)14-5-2-3-6-14/h4,7-8,13-14,18H,2-3,5-6,9-12H2,1H3. The molecule has 1 saturated heterocycles. The fraction of sp³-hybridized carbons (Fsp3) is 0.588. The van der Waals surface area contributed by atoms with Crippen LogP contribution in [0.1, 0.15) is 25.7 Å². The van der Waals surface area contributed by atoms with Gasteiger partial charge in [0.1, 0.15) is 5.75 Å². The molecule has 1 aliphatic heterocycles. The lowest BCUT2D eigenvalue weighted by atomic mass is 10.1. The van der Waals surface area contributed by atoms with Gasteiger partial charge in [0, 0.05) is 43.9 Å². The molecule has 1 saturated carbocycles. The molecule has 114 valence electrons. The van der Waals surface area contributed by atoms with Gasteiger partial charge in [-0.1, -0.05) is 18.9 Å². The second-order valence-electron chi connectivity index (χ2n) is 6.04. The Balaban J connectivity index is 1.58. The molecule has 1 aliphatic carbocycles. The molecule has 0 radical (unpaired) electrons. The molecule has 0 unspecified atom stereocenters. The minimum Gasteiger partial charge on any atom is -0.497 e. The average molecular weight is 287 g/mol. The lowest BCUT2D eigenvalue weighted by Gasteiger charge is -2.38. The van der Waals surface area contributed by atoms with E-state index in [0.717, 1.165) is 37.8 Å². The lowest BCUT2D eigenvalue weighted by Crippen LogP contribution is -2.50. The van der Waals surface area contributed by atoms with Crippen molar-refractivity contribution in [2.75, 3.05) is 38.2 Å². The molecule has 0 spiro atoms. The first-order valence-corrected chi connectivity index (χ1v) is 8.00. The van der Waals surface area contributed by atoms with E-state index >= 15 is 0 Å². The summed E-state index contributed by atoms with van der Waals surface area (Å²) in [5.74, 6) is 2.32. The molecule has 1 aromatic carbocycles. The summed E-state index contributed by atoms with van der Waals surface area (Å²) in [4.78, 5) is 4.67. The SMILES string of the molecule is COc1cccc(N2CCN(C(=N)C3CCCC3)CC2)c1. The summed E-state index contributed by atoms with van der Waals surface area (Å²) in [6, 6.07) is 8.26. The van der Waals surface area contributed by atoms with Gasteiger partial charge in [0.2, 0.25) is 0 Å². The van der Waals surface area contributed by atoms with Crippen LogP contribution in [0.5, 0.6) is 5.75 Å². The molecule has 2 fully saturated rings. The molecule has 1 N–H and O–H groups in total. The summed E-state index contributed by atoms with van der Waals surface area (Å²) in [6.07, 6.45) is 5.04. The lowest BCUT2D eigenvalue weighted by molar-refractivity contribution is 0.362. The average Bonchev–Trinajstić information content (AvgIpc) is 3.09. The van der Waals surface area contributed by atoms with Crippen molar-refractivity contribution in [3.8, 4) is 5.75 Å². The van der Waals surface area contributed by atoms with Gasteiger partial charge in [-0.3, -0.25) is 5.41 Å². The Hall–Kier alpha value is -1.71. The second kappa shape index (κ2) is 6.37. The summed E-state index contributed by atoms with van der Waals surface area (Å²) in [5, 5.41) is 8.40. The summed E-state index contributed by atoms with van der Waals surface area (Å²) in [7, 11) is 1.71. The number of piperazine rings is 1. The van der Waals surface area contributed by atoms with Crippen molar-refractivity contribution in [1.82, 2.24) is 4.90 Å². The fourth-order valence-corrected chi connectivity index (χ4v) is 3.47. The number of ether oxygens (including phenoxy) is 1. The third kappa shape index (κ3) is 3.14. The van der Waals surface area contributed by atoms with E-state index < -0.39 is 0 Å². The Kier molecular flexibility index (Phi) is 4.32. The molecule has 4 nitrogen and oxygen atoms in total. The largest absolute Gasteiger partial charge is 0.497 e. The van der Waals surface area contributed by atoms with Gasteiger partial charge in [-0.15, -0.1) is 0 Å². The molecule has 0 amide bonds. The van der Waals surface area contributed by atoms with Crippen LogP contribution in [-0.4, -0.2) is 44.0 Å². The maximum atomic E-state index is 8.40. The Morgan fingerprint density at radius 2 is 1.86 bits per heavy atom. The van der Waals surface area contributed by atoms with Crippen LogP contribution in [0.15, 0.2) is 24.3 Å². The molecule has 0 aromatic heterocycles. The third-order valence-electron chi connectivity index (χ3n) is 4.78. The summed E-state index contributed by atoms with van der Waals surface area (Å²) >= 11 is 0. The van der Waals surface area contributed by atoms with Gasteiger partial charge in [-0.25, -0.2) is 0 Å². The number of rotatable bonds is 3. The minimum absolute atomic E-state index is 0.522. The van der Waals surface area contributed by atoms with Crippen LogP contribution in [0, 0.1) is 11.3 Å². The number of amidine groups is 1. The molecular formula is C17H25N3O. The van der Waals surface area contributed by atoms with E-state index in [-0.39, 0.29) is 0 Å². The number of methoxy groups -OCH3 is 1. The van der Waals surface area contributed by atoms with Gasteiger partial charge in [0.15, 0.2) is 0 Å². The van der Waals surface area contributed by atoms with E-state index in [0.29, 0.717) is 5.92 Å². The molecule has 2 aliphatic rings. The van der Waals surface area contributed by atoms with Crippen molar-refractivity contribution in [1.29, 1.82) is 5.41 Å². The number of nitrogens with one attached hydrogen (secondary N) is 1. The Morgan fingerprint density at radius 3 is 2.52 bits per heavy atom. The highest BCUT2D eigenvalue weighted by Crippen LogP contribution is 2.28. The third-order valence-corrected chi connectivity index (χ3v) is 4.78. The molecule has 1 aromatic rings. The monoisotopic (exact) mass is 287 g/mol. The maximum absolute atomic E-state index is 8.40. The number of benzene rings is 1. The van der Waals surface area contributed by atoms with Gasteiger partial charge >= 0.3 is 0 Å². The van der Waals surface area contributed by atoms with E-state index in [2.05, 4.69) is 21.9 Å². The normalized spacial score (nSPS) is 19.9. The fourth-order valence-electron chi connectivity index (χ4n) is 3.47. The van der Waals surface area contributed by atoms with Gasteiger partial charge in [0.05, 0.1) is 12.9 Å². The van der Waals surface area contributed by atoms with E-state index in [9.17, 15) is 0 Å². The first-order valence-electron chi connectivity index (χ1n) is 8.00. The smallest absolute Gasteiger partial charge is 0.120 e. The van der Waals surface area contributed by atoms with Crippen LogP contribution in [0.4, 0.5) is 5.69 Å². The molecule has 0 bridgehead atoms. The summed E-state index contributed by atoms with van der Waals surface area (Å²) in [5.41, 5.74) is 1.22. The Bertz CT molecular complexity index is 489. The highest BCUT2D eigenvalue weighted by atomic mass is 16.5. The molecule has 21 heavy (non-hydrogen) atoms. The van der Waals surface area contributed by atoms with Crippen molar-refractivity contribution in [2.45, 2.75) is 25.7 Å². The van der Waals surface area contributed by atoms with Crippen molar-refractivity contribution in [3.05, 3.63) is 24.3 Å². The second-order valence-corrected chi connectivity index (χ2v) is 6.04. The first-order chi connectivity index (χ1) is 10.3. The van der Waals surface area contributed by atoms with Crippen molar-refractivity contribution in [3.63, 3.8) is 0 Å². The van der Waals surface area contributed by atoms with E-state index in [1.165, 1.54) is 31.4 Å². The van der Waals surface area contributed by atoms with Crippen LogP contribution in [-0.2, 0) is 0 Å². The molecular weight excluding hydrogens is 262 g/mol. The maximum Gasteiger partial charge on any atom is 0.120 e. The number of anilines is 1. The first kappa shape index (κ1) is 14.2. The van der Waals surface area contributed by atoms with Gasteiger partial charge in [0.25, 0.3) is 0 Å². The zero-order chi connectivity index (χ0) is 14.7. The Morgan fingerprint density at radius 1 is 1.14 bits per heavy atom. The van der Waals surface area contributed by atoms with Crippen molar-refractivity contribution in [2.24, 2.45) is 5.92 Å². The topological polar surface area (TPSA) is 39.6 Å². The molecule has 0 atom stereocenters. The number of hydrogen-bond acceptors (Lipinski definition) is 3. The highest BCUT2D eigenvalue weighted by Gasteiger charge is 2.26. The zero-order valence-electron chi connectivity index (χ0n) is 12.8. The van der Waals surface area contributed by atoms with Crippen LogP contribution >= 0.6 is 0 Å². The minimum atomic E-state index is 0.522. The summed E-state index contributed by atoms with van der Waals surface area (Å²) < 4.78 is 5.30. The van der Waals surface area contributed by atoms with Gasteiger partial charge in [-0.2, -0.15) is 0 Å². The predicted molar refractivity (Wildman–Crippen MR) is 86.5 cm³/mol. The summed E-state index contributed by atoms with van der Waals surface area (Å²) in [6.45, 7) is 3.91. The van der Waals surface area contributed by atoms with Crippen LogP contribution in [0.3, 0.4) is 0 Å². The number of hydrogen-bond donors (Lipinski definition) is 1. The number of nitrogens with zero attached hydrogens (tertiary/aromatic N) is 2. The molecule has 4 heteroatoms. The Labute approximate surface area is 127 Å². The molecule has 1 heterocycles. The predicted octanol–water partition coefficient (Wildman–Crippen LogP) is 2.98. The molecule has 3 rings (SSSR count). The highest BCUT2D eigenvalue weighted by molar-refractivity contribution is 5.82. The zero-order valence-corrected chi connectivity index (χ0v) is 12.8. The van der Waals surface area contributed by atoms with Crippen LogP contribution < -0.4 is 9.64 Å². The quantitative estimate of drug-likeness (QED) is 0.686. The van der Waals surface area contributed by atoms with Crippen LogP contribution in [0.2, 0.25) is 0 Å². The van der Waals surface area contributed by atoms with E-state index in [4.69, 9.17) is 10.1 Å². The van der Waals surface area contributed by atoms with Gasteiger partial charge < -0.3 is 14.5 Å². The van der Waals surface area contributed by atoms with Crippen LogP contribution in [0.25, 0.3) is 0 Å². The van der Waals surface area contributed by atoms with Crippen molar-refractivity contribution >= 4 is 11.5 Å². The van der Waals surface area contributed by atoms with Crippen molar-refractivity contribution < 1.29 is 4.74 Å². The van der Waals surface area contributed by atoms with E-state index in [1.54, 1.807) is 7.11 Å².